The molecule has 2 nitrogen and oxygen atoms in total. The first-order chi connectivity index (χ1) is 31.8. The predicted molar refractivity (Wildman–Crippen MR) is 270 cm³/mol. The Morgan fingerprint density at radius 1 is 0.385 bits per heavy atom. The van der Waals surface area contributed by atoms with E-state index in [2.05, 4.69) is 219 Å². The number of fused-ring (bicyclic) bond motifs is 16. The molecule has 1 spiro atoms. The lowest BCUT2D eigenvalue weighted by Crippen LogP contribution is -2.40. The summed E-state index contributed by atoms with van der Waals surface area (Å²) in [5.41, 5.74) is 24.2. The Labute approximate surface area is 384 Å². The van der Waals surface area contributed by atoms with Gasteiger partial charge in [-0.1, -0.05) is 135 Å². The van der Waals surface area contributed by atoms with Crippen LogP contribution in [-0.4, -0.2) is 11.1 Å². The zero-order valence-corrected chi connectivity index (χ0v) is 37.9. The molecule has 2 heterocycles. The van der Waals surface area contributed by atoms with Crippen LogP contribution in [0, 0.1) is 11.8 Å². The van der Waals surface area contributed by atoms with Crippen LogP contribution >= 0.6 is 0 Å². The minimum Gasteiger partial charge on any atom is -0.335 e. The number of para-hydroxylation sites is 2. The van der Waals surface area contributed by atoms with Crippen LogP contribution in [0.1, 0.15) is 98.6 Å². The standard InChI is InChI=1S/C63H54N2/c1-39-31-33-61(3)59(39)51-35-41(25-29-57(51)64(61)45-15-7-5-8-16-45)43-23-27-49-50-28-24-44(38-56(50)63(55(49)37-43)53-21-13-11-19-47(53)48-20-12-14-22-54(48)63)42-26-30-58-52(36-42)60-40(2)32-34-62(60,4)65(58)46-17-9-6-10-18-46/h5-30,35-40,59-60H,31-34H2,1-4H3. The first-order valence-electron chi connectivity index (χ1n) is 24.3. The molecule has 0 radical (unpaired) electrons. The average molecular weight is 839 g/mol. The molecule has 65 heavy (non-hydrogen) atoms. The molecule has 0 amide bonds. The van der Waals surface area contributed by atoms with Crippen LogP contribution < -0.4 is 9.80 Å². The van der Waals surface area contributed by atoms with Crippen molar-refractivity contribution in [3.05, 3.63) is 215 Å². The van der Waals surface area contributed by atoms with Crippen molar-refractivity contribution in [2.75, 3.05) is 9.80 Å². The van der Waals surface area contributed by atoms with Crippen LogP contribution in [0.2, 0.25) is 0 Å². The van der Waals surface area contributed by atoms with Gasteiger partial charge in [-0.2, -0.15) is 0 Å². The third-order valence-corrected chi connectivity index (χ3v) is 17.7. The molecule has 2 heteroatoms. The second-order valence-corrected chi connectivity index (χ2v) is 21.0. The molecule has 2 aliphatic heterocycles. The minimum atomic E-state index is -0.442. The van der Waals surface area contributed by atoms with Crippen LogP contribution in [0.4, 0.5) is 22.7 Å². The van der Waals surface area contributed by atoms with Crippen molar-refractivity contribution in [2.24, 2.45) is 11.8 Å². The highest BCUT2D eigenvalue weighted by Crippen LogP contribution is 2.66. The van der Waals surface area contributed by atoms with Crippen molar-refractivity contribution in [2.45, 2.75) is 81.7 Å². The summed E-state index contributed by atoms with van der Waals surface area (Å²) >= 11 is 0. The van der Waals surface area contributed by atoms with E-state index in [4.69, 9.17) is 0 Å². The second kappa shape index (κ2) is 13.2. The first-order valence-corrected chi connectivity index (χ1v) is 24.3. The van der Waals surface area contributed by atoms with Gasteiger partial charge in [-0.3, -0.25) is 0 Å². The fraction of sp³-hybridized carbons (Fsp3) is 0.238. The minimum absolute atomic E-state index is 0.0649. The summed E-state index contributed by atoms with van der Waals surface area (Å²) in [5, 5.41) is 0. The Bertz CT molecular complexity index is 3050. The van der Waals surface area contributed by atoms with Crippen molar-refractivity contribution in [1.82, 2.24) is 0 Å². The van der Waals surface area contributed by atoms with E-state index in [1.54, 1.807) is 0 Å². The van der Waals surface area contributed by atoms with E-state index in [1.807, 2.05) is 0 Å². The van der Waals surface area contributed by atoms with E-state index in [1.165, 1.54) is 126 Å². The third-order valence-electron chi connectivity index (χ3n) is 17.7. The van der Waals surface area contributed by atoms with Gasteiger partial charge in [0.15, 0.2) is 0 Å². The number of benzene rings is 8. The Balaban J connectivity index is 0.941. The molecule has 2 saturated carbocycles. The first kappa shape index (κ1) is 37.7. The highest BCUT2D eigenvalue weighted by Gasteiger charge is 2.56. The van der Waals surface area contributed by atoms with Crippen LogP contribution in [0.5, 0.6) is 0 Å². The van der Waals surface area contributed by atoms with Crippen LogP contribution in [0.15, 0.2) is 182 Å². The summed E-state index contributed by atoms with van der Waals surface area (Å²) < 4.78 is 0. The molecular formula is C63H54N2. The molecule has 316 valence electrons. The number of hydrogen-bond acceptors (Lipinski definition) is 2. The van der Waals surface area contributed by atoms with Crippen LogP contribution in [-0.2, 0) is 5.41 Å². The maximum Gasteiger partial charge on any atom is 0.0725 e. The van der Waals surface area contributed by atoms with Gasteiger partial charge in [0.2, 0.25) is 0 Å². The zero-order chi connectivity index (χ0) is 43.4. The van der Waals surface area contributed by atoms with Crippen molar-refractivity contribution < 1.29 is 0 Å². The molecule has 2 fully saturated rings. The Morgan fingerprint density at radius 2 is 0.754 bits per heavy atom. The van der Waals surface area contributed by atoms with Crippen molar-refractivity contribution in [3.8, 4) is 44.5 Å². The molecule has 4 aliphatic carbocycles. The van der Waals surface area contributed by atoms with Crippen molar-refractivity contribution in [3.63, 3.8) is 0 Å². The Kier molecular flexibility index (Phi) is 7.67. The van der Waals surface area contributed by atoms with Crippen LogP contribution in [0.3, 0.4) is 0 Å². The highest BCUT2D eigenvalue weighted by atomic mass is 15.3. The fourth-order valence-electron chi connectivity index (χ4n) is 15.1. The number of hydrogen-bond donors (Lipinski definition) is 0. The van der Waals surface area contributed by atoms with Gasteiger partial charge in [0, 0.05) is 45.7 Å². The summed E-state index contributed by atoms with van der Waals surface area (Å²) in [7, 11) is 0. The van der Waals surface area contributed by atoms with E-state index in [-0.39, 0.29) is 11.1 Å². The molecule has 0 aromatic heterocycles. The molecule has 6 aliphatic rings. The van der Waals surface area contributed by atoms with Gasteiger partial charge >= 0.3 is 0 Å². The topological polar surface area (TPSA) is 6.48 Å². The molecule has 0 N–H and O–H groups in total. The fourth-order valence-corrected chi connectivity index (χ4v) is 15.1. The van der Waals surface area contributed by atoms with Gasteiger partial charge in [0.05, 0.1) is 5.41 Å². The van der Waals surface area contributed by atoms with Gasteiger partial charge in [-0.15, -0.1) is 0 Å². The summed E-state index contributed by atoms with van der Waals surface area (Å²) in [6.45, 7) is 9.99. The number of rotatable bonds is 4. The van der Waals surface area contributed by atoms with E-state index < -0.39 is 5.41 Å². The van der Waals surface area contributed by atoms with E-state index in [9.17, 15) is 0 Å². The zero-order valence-electron chi connectivity index (χ0n) is 37.9. The summed E-state index contributed by atoms with van der Waals surface area (Å²) in [6, 6.07) is 70.4. The molecule has 8 aromatic rings. The SMILES string of the molecule is CC1CCC2(C)C1c1cc(-c3ccc4c(c3)C3(c5ccccc5-c5ccccc53)c3cc(-c5ccc6c(c5)C5C(C)CCC5(C)N6c5ccccc5)ccc3-4)ccc1N2c1ccccc1. The maximum atomic E-state index is 2.67. The normalized spacial score (nSPS) is 25.5. The quantitative estimate of drug-likeness (QED) is 0.174. The number of anilines is 4. The molecular weight excluding hydrogens is 785 g/mol. The van der Waals surface area contributed by atoms with E-state index in [0.29, 0.717) is 23.7 Å². The maximum absolute atomic E-state index is 2.67. The van der Waals surface area contributed by atoms with Crippen molar-refractivity contribution in [1.29, 1.82) is 0 Å². The lowest BCUT2D eigenvalue weighted by molar-refractivity contribution is 0.414. The average Bonchev–Trinajstić information content (AvgIpc) is 4.13. The Hall–Kier alpha value is -6.64. The predicted octanol–water partition coefficient (Wildman–Crippen LogP) is 16.2. The smallest absolute Gasteiger partial charge is 0.0725 e. The van der Waals surface area contributed by atoms with Gasteiger partial charge in [0.1, 0.15) is 0 Å². The van der Waals surface area contributed by atoms with Gasteiger partial charge < -0.3 is 9.80 Å². The Morgan fingerprint density at radius 3 is 1.20 bits per heavy atom. The number of nitrogens with zero attached hydrogens (tertiary/aromatic N) is 2. The molecule has 14 rings (SSSR count). The van der Waals surface area contributed by atoms with Gasteiger partial charge in [-0.25, -0.2) is 0 Å². The molecule has 0 saturated heterocycles. The second-order valence-electron chi connectivity index (χ2n) is 21.0. The molecule has 0 bridgehead atoms. The van der Waals surface area contributed by atoms with E-state index >= 15 is 0 Å². The third kappa shape index (κ3) is 4.80. The monoisotopic (exact) mass is 838 g/mol. The van der Waals surface area contributed by atoms with Crippen LogP contribution in [0.25, 0.3) is 44.5 Å². The van der Waals surface area contributed by atoms with Gasteiger partial charge in [0.25, 0.3) is 0 Å². The molecule has 6 unspecified atom stereocenters. The van der Waals surface area contributed by atoms with E-state index in [0.717, 1.165) is 0 Å². The summed E-state index contributed by atoms with van der Waals surface area (Å²) in [4.78, 5) is 5.34. The molecule has 6 atom stereocenters. The molecule has 8 aromatic carbocycles. The highest BCUT2D eigenvalue weighted by molar-refractivity contribution is 5.97. The summed E-state index contributed by atoms with van der Waals surface area (Å²) in [5.74, 6) is 2.23. The largest absolute Gasteiger partial charge is 0.335 e. The van der Waals surface area contributed by atoms with Crippen molar-refractivity contribution >= 4 is 22.7 Å². The lowest BCUT2D eigenvalue weighted by Gasteiger charge is -2.38. The van der Waals surface area contributed by atoms with Gasteiger partial charge in [-0.05, 0) is 190 Å². The lowest BCUT2D eigenvalue weighted by atomic mass is 9.70. The summed E-state index contributed by atoms with van der Waals surface area (Å²) in [6.07, 6.45) is 4.92.